The number of nitrogens with one attached hydrogen (secondary N) is 1. The van der Waals surface area contributed by atoms with Gasteiger partial charge in [-0.25, -0.2) is 9.37 Å². The maximum absolute atomic E-state index is 13.3. The van der Waals surface area contributed by atoms with E-state index in [-0.39, 0.29) is 17.8 Å². The Morgan fingerprint density at radius 3 is 3.09 bits per heavy atom. The first-order chi connectivity index (χ1) is 11.2. The third-order valence-corrected chi connectivity index (χ3v) is 4.44. The number of nitrogens with zero attached hydrogens (tertiary/aromatic N) is 3. The zero-order chi connectivity index (χ0) is 15.8. The van der Waals surface area contributed by atoms with E-state index in [9.17, 15) is 9.18 Å². The quantitative estimate of drug-likeness (QED) is 0.791. The van der Waals surface area contributed by atoms with Gasteiger partial charge in [0.2, 0.25) is 0 Å². The SMILES string of the molecule is O=C(c1cc2cc(F)ccc2[nH]1)N1CCC[C@@H](n2ccnc2)C1. The van der Waals surface area contributed by atoms with Gasteiger partial charge in [0.1, 0.15) is 11.5 Å². The molecule has 1 fully saturated rings. The fourth-order valence-corrected chi connectivity index (χ4v) is 3.26. The molecule has 0 saturated carbocycles. The lowest BCUT2D eigenvalue weighted by atomic mass is 10.1. The molecule has 1 aliphatic rings. The number of imidazole rings is 1. The molecule has 1 atom stereocenters. The number of aromatic nitrogens is 3. The van der Waals surface area contributed by atoms with Gasteiger partial charge in [0, 0.05) is 36.4 Å². The average molecular weight is 312 g/mol. The Hall–Kier alpha value is -2.63. The van der Waals surface area contributed by atoms with Crippen LogP contribution in [0.5, 0.6) is 0 Å². The largest absolute Gasteiger partial charge is 0.351 e. The topological polar surface area (TPSA) is 53.9 Å². The molecule has 118 valence electrons. The number of H-pyrrole nitrogens is 1. The van der Waals surface area contributed by atoms with Crippen LogP contribution in [-0.4, -0.2) is 38.4 Å². The summed E-state index contributed by atoms with van der Waals surface area (Å²) in [4.78, 5) is 21.8. The molecule has 1 N–H and O–H groups in total. The van der Waals surface area contributed by atoms with Gasteiger partial charge in [0.05, 0.1) is 12.4 Å². The number of carbonyl (C=O) groups is 1. The van der Waals surface area contributed by atoms with Crippen molar-refractivity contribution in [2.75, 3.05) is 13.1 Å². The molecule has 1 aromatic carbocycles. The number of amides is 1. The van der Waals surface area contributed by atoms with Crippen molar-refractivity contribution in [3.05, 3.63) is 54.5 Å². The van der Waals surface area contributed by atoms with Gasteiger partial charge in [-0.15, -0.1) is 0 Å². The summed E-state index contributed by atoms with van der Waals surface area (Å²) in [6.45, 7) is 1.41. The van der Waals surface area contributed by atoms with Gasteiger partial charge in [-0.2, -0.15) is 0 Å². The first kappa shape index (κ1) is 14.0. The van der Waals surface area contributed by atoms with Gasteiger partial charge in [-0.1, -0.05) is 0 Å². The zero-order valence-electron chi connectivity index (χ0n) is 12.6. The minimum Gasteiger partial charge on any atom is -0.351 e. The number of carbonyl (C=O) groups excluding carboxylic acids is 1. The standard InChI is InChI=1S/C17H17FN4O/c18-13-3-4-15-12(8-13)9-16(20-15)17(23)21-6-1-2-14(10-21)22-7-5-19-11-22/h3-5,7-9,11,14,20H,1-2,6,10H2/t14-/m1/s1. The third-order valence-electron chi connectivity index (χ3n) is 4.44. The van der Waals surface area contributed by atoms with Crippen LogP contribution in [0.25, 0.3) is 10.9 Å². The lowest BCUT2D eigenvalue weighted by Crippen LogP contribution is -2.40. The van der Waals surface area contributed by atoms with E-state index in [4.69, 9.17) is 0 Å². The summed E-state index contributed by atoms with van der Waals surface area (Å²) in [5.41, 5.74) is 1.29. The fraction of sp³-hybridized carbons (Fsp3) is 0.294. The maximum atomic E-state index is 13.3. The van der Waals surface area contributed by atoms with Gasteiger partial charge in [-0.05, 0) is 37.1 Å². The number of piperidine rings is 1. The summed E-state index contributed by atoms with van der Waals surface area (Å²) >= 11 is 0. The zero-order valence-corrected chi connectivity index (χ0v) is 12.6. The van der Waals surface area contributed by atoms with Crippen LogP contribution in [0.2, 0.25) is 0 Å². The van der Waals surface area contributed by atoms with Gasteiger partial charge in [0.15, 0.2) is 0 Å². The first-order valence-electron chi connectivity index (χ1n) is 7.76. The van der Waals surface area contributed by atoms with Crippen LogP contribution in [0.1, 0.15) is 29.4 Å². The highest BCUT2D eigenvalue weighted by molar-refractivity contribution is 5.98. The van der Waals surface area contributed by atoms with Crippen LogP contribution in [-0.2, 0) is 0 Å². The summed E-state index contributed by atoms with van der Waals surface area (Å²) in [5, 5.41) is 0.719. The number of hydrogen-bond donors (Lipinski definition) is 1. The number of rotatable bonds is 2. The molecule has 0 bridgehead atoms. The second-order valence-corrected chi connectivity index (χ2v) is 5.97. The van der Waals surface area contributed by atoms with Gasteiger partial charge in [0.25, 0.3) is 5.91 Å². The molecule has 5 nitrogen and oxygen atoms in total. The highest BCUT2D eigenvalue weighted by Crippen LogP contribution is 2.24. The van der Waals surface area contributed by atoms with Crippen molar-refractivity contribution in [2.24, 2.45) is 0 Å². The molecule has 4 rings (SSSR count). The molecule has 0 spiro atoms. The molecule has 1 amide bonds. The molecule has 0 aliphatic carbocycles. The molecular formula is C17H17FN4O. The second-order valence-electron chi connectivity index (χ2n) is 5.97. The van der Waals surface area contributed by atoms with Crippen LogP contribution in [0.4, 0.5) is 4.39 Å². The minimum atomic E-state index is -0.298. The Bertz CT molecular complexity index is 840. The minimum absolute atomic E-state index is 0.0357. The molecule has 1 saturated heterocycles. The molecule has 3 aromatic rings. The number of hydrogen-bond acceptors (Lipinski definition) is 2. The van der Waals surface area contributed by atoms with E-state index < -0.39 is 0 Å². The highest BCUT2D eigenvalue weighted by atomic mass is 19.1. The van der Waals surface area contributed by atoms with E-state index in [0.29, 0.717) is 12.2 Å². The van der Waals surface area contributed by atoms with Gasteiger partial charge < -0.3 is 14.5 Å². The van der Waals surface area contributed by atoms with Gasteiger partial charge >= 0.3 is 0 Å². The molecule has 0 unspecified atom stereocenters. The van der Waals surface area contributed by atoms with Crippen molar-refractivity contribution < 1.29 is 9.18 Å². The van der Waals surface area contributed by atoms with Crippen molar-refractivity contribution in [1.29, 1.82) is 0 Å². The number of likely N-dealkylation sites (tertiary alicyclic amines) is 1. The van der Waals surface area contributed by atoms with Crippen molar-refractivity contribution in [3.8, 4) is 0 Å². The number of fused-ring (bicyclic) bond motifs is 1. The summed E-state index contributed by atoms with van der Waals surface area (Å²) < 4.78 is 15.3. The summed E-state index contributed by atoms with van der Waals surface area (Å²) in [6.07, 6.45) is 7.49. The van der Waals surface area contributed by atoms with E-state index in [2.05, 4.69) is 14.5 Å². The maximum Gasteiger partial charge on any atom is 0.270 e. The second kappa shape index (κ2) is 5.53. The summed E-state index contributed by atoms with van der Waals surface area (Å²) in [5.74, 6) is -0.333. The van der Waals surface area contributed by atoms with Crippen LogP contribution >= 0.6 is 0 Å². The van der Waals surface area contributed by atoms with Crippen molar-refractivity contribution >= 4 is 16.8 Å². The van der Waals surface area contributed by atoms with Crippen LogP contribution in [0, 0.1) is 5.82 Å². The Morgan fingerprint density at radius 2 is 2.26 bits per heavy atom. The lowest BCUT2D eigenvalue weighted by Gasteiger charge is -2.33. The van der Waals surface area contributed by atoms with Crippen molar-refractivity contribution in [3.63, 3.8) is 0 Å². The summed E-state index contributed by atoms with van der Waals surface area (Å²) in [7, 11) is 0. The smallest absolute Gasteiger partial charge is 0.270 e. The highest BCUT2D eigenvalue weighted by Gasteiger charge is 2.26. The van der Waals surface area contributed by atoms with Gasteiger partial charge in [-0.3, -0.25) is 4.79 Å². The number of aromatic amines is 1. The Balaban J connectivity index is 1.57. The third kappa shape index (κ3) is 2.60. The number of benzene rings is 1. The molecular weight excluding hydrogens is 295 g/mol. The Labute approximate surface area is 132 Å². The summed E-state index contributed by atoms with van der Waals surface area (Å²) in [6, 6.07) is 6.47. The van der Waals surface area contributed by atoms with E-state index in [1.165, 1.54) is 12.1 Å². The predicted octanol–water partition coefficient (Wildman–Crippen LogP) is 2.98. The van der Waals surface area contributed by atoms with E-state index in [0.717, 1.165) is 30.3 Å². The molecule has 0 radical (unpaired) electrons. The molecule has 1 aliphatic heterocycles. The Kier molecular flexibility index (Phi) is 3.37. The van der Waals surface area contributed by atoms with Crippen LogP contribution in [0.3, 0.4) is 0 Å². The molecule has 2 aromatic heterocycles. The first-order valence-corrected chi connectivity index (χ1v) is 7.76. The molecule has 3 heterocycles. The fourth-order valence-electron chi connectivity index (χ4n) is 3.26. The van der Waals surface area contributed by atoms with Crippen LogP contribution in [0.15, 0.2) is 43.0 Å². The molecule has 6 heteroatoms. The lowest BCUT2D eigenvalue weighted by molar-refractivity contribution is 0.0674. The average Bonchev–Trinajstić information content (AvgIpc) is 3.23. The van der Waals surface area contributed by atoms with E-state index >= 15 is 0 Å². The van der Waals surface area contributed by atoms with Crippen molar-refractivity contribution in [1.82, 2.24) is 19.4 Å². The normalized spacial score (nSPS) is 18.5. The monoisotopic (exact) mass is 312 g/mol. The molecule has 23 heavy (non-hydrogen) atoms. The predicted molar refractivity (Wildman–Crippen MR) is 84.7 cm³/mol. The van der Waals surface area contributed by atoms with E-state index in [1.54, 1.807) is 24.7 Å². The number of halogens is 1. The Morgan fingerprint density at radius 1 is 1.35 bits per heavy atom. The van der Waals surface area contributed by atoms with Crippen LogP contribution < -0.4 is 0 Å². The van der Waals surface area contributed by atoms with Crippen molar-refractivity contribution in [2.45, 2.75) is 18.9 Å². The van der Waals surface area contributed by atoms with E-state index in [1.807, 2.05) is 11.1 Å².